The lowest BCUT2D eigenvalue weighted by Gasteiger charge is -1.95. The molecule has 0 atom stereocenters. The summed E-state index contributed by atoms with van der Waals surface area (Å²) in [5, 5.41) is 0.279. The Hall–Kier alpha value is -0.830. The number of nitrogens with zero attached hydrogens (tertiary/aromatic N) is 1. The molecule has 1 aromatic rings. The van der Waals surface area contributed by atoms with Crippen LogP contribution in [-0.2, 0) is 0 Å². The van der Waals surface area contributed by atoms with Gasteiger partial charge in [-0.3, -0.25) is 4.79 Å². The molecule has 1 N–H and O–H groups in total. The van der Waals surface area contributed by atoms with E-state index in [4.69, 9.17) is 11.6 Å². The highest BCUT2D eigenvalue weighted by Gasteiger charge is 2.00. The molecule has 0 aromatic carbocycles. The Morgan fingerprint density at radius 3 is 2.25 bits per heavy atom. The molecule has 4 heteroatoms. The van der Waals surface area contributed by atoms with Gasteiger partial charge in [-0.05, 0) is 13.8 Å². The Kier molecular flexibility index (Phi) is 4.59. The van der Waals surface area contributed by atoms with Crippen LogP contribution in [0.5, 0.6) is 0 Å². The molecule has 0 amide bonds. The molecule has 1 heterocycles. The maximum absolute atomic E-state index is 10.9. The van der Waals surface area contributed by atoms with E-state index in [0.29, 0.717) is 11.4 Å². The lowest BCUT2D eigenvalue weighted by Crippen LogP contribution is -2.12. The van der Waals surface area contributed by atoms with Crippen molar-refractivity contribution in [2.45, 2.75) is 27.7 Å². The molecule has 1 rings (SSSR count). The molecule has 0 radical (unpaired) electrons. The molecule has 68 valence electrons. The van der Waals surface area contributed by atoms with Crippen LogP contribution in [0.25, 0.3) is 0 Å². The van der Waals surface area contributed by atoms with Crippen LogP contribution in [0.15, 0.2) is 4.79 Å². The molecule has 0 spiro atoms. The molecule has 3 nitrogen and oxygen atoms in total. The smallest absolute Gasteiger partial charge is 0.255 e. The minimum Gasteiger partial charge on any atom is -0.310 e. The minimum absolute atomic E-state index is 0.169. The summed E-state index contributed by atoms with van der Waals surface area (Å²) in [5.74, 6) is 0.542. The van der Waals surface area contributed by atoms with E-state index in [1.807, 2.05) is 13.8 Å². The minimum atomic E-state index is -0.169. The number of nitrogens with one attached hydrogen (secondary N) is 1. The maximum Gasteiger partial charge on any atom is 0.255 e. The highest BCUT2D eigenvalue weighted by molar-refractivity contribution is 6.30. The lowest BCUT2D eigenvalue weighted by atomic mass is 10.4. The van der Waals surface area contributed by atoms with Gasteiger partial charge in [-0.25, -0.2) is 4.98 Å². The quantitative estimate of drug-likeness (QED) is 0.634. The number of rotatable bonds is 0. The Balaban J connectivity index is 0.000000561. The topological polar surface area (TPSA) is 45.8 Å². The molecule has 0 unspecified atom stereocenters. The summed E-state index contributed by atoms with van der Waals surface area (Å²) in [6.45, 7) is 7.32. The largest absolute Gasteiger partial charge is 0.310 e. The third-order valence-electron chi connectivity index (χ3n) is 1.21. The van der Waals surface area contributed by atoms with Gasteiger partial charge in [0.15, 0.2) is 0 Å². The monoisotopic (exact) mass is 188 g/mol. The predicted molar refractivity (Wildman–Crippen MR) is 50.7 cm³/mol. The number of hydrogen-bond donors (Lipinski definition) is 1. The number of aromatic amines is 1. The van der Waals surface area contributed by atoms with Gasteiger partial charge < -0.3 is 4.98 Å². The lowest BCUT2D eigenvalue weighted by molar-refractivity contribution is 0.994. The second-order valence-corrected chi connectivity index (χ2v) is 2.43. The van der Waals surface area contributed by atoms with Gasteiger partial charge in [-0.15, -0.1) is 0 Å². The van der Waals surface area contributed by atoms with Crippen molar-refractivity contribution in [3.8, 4) is 0 Å². The van der Waals surface area contributed by atoms with Gasteiger partial charge in [-0.2, -0.15) is 0 Å². The van der Waals surface area contributed by atoms with Crippen molar-refractivity contribution in [1.29, 1.82) is 0 Å². The van der Waals surface area contributed by atoms with Gasteiger partial charge in [0.1, 0.15) is 11.0 Å². The summed E-state index contributed by atoms with van der Waals surface area (Å²) in [5.41, 5.74) is 0.296. The number of halogens is 1. The molecule has 12 heavy (non-hydrogen) atoms. The third-order valence-corrected chi connectivity index (χ3v) is 1.58. The summed E-state index contributed by atoms with van der Waals surface area (Å²) >= 11 is 5.59. The molecule has 0 bridgehead atoms. The van der Waals surface area contributed by atoms with E-state index in [0.717, 1.165) is 0 Å². The first-order valence-electron chi connectivity index (χ1n) is 3.84. The van der Waals surface area contributed by atoms with Crippen LogP contribution in [-0.4, -0.2) is 9.97 Å². The molecular formula is C8H13ClN2O. The van der Waals surface area contributed by atoms with E-state index in [-0.39, 0.29) is 10.7 Å². The summed E-state index contributed by atoms with van der Waals surface area (Å²) in [7, 11) is 0. The molecule has 0 saturated heterocycles. The Morgan fingerprint density at radius 1 is 1.33 bits per heavy atom. The second-order valence-electron chi connectivity index (χ2n) is 2.07. The van der Waals surface area contributed by atoms with Crippen molar-refractivity contribution in [3.05, 3.63) is 26.9 Å². The highest BCUT2D eigenvalue weighted by Crippen LogP contribution is 2.04. The second kappa shape index (κ2) is 4.93. The number of aromatic nitrogens is 2. The molecule has 0 aliphatic rings. The van der Waals surface area contributed by atoms with E-state index in [1.165, 1.54) is 0 Å². The standard InChI is InChI=1S/C6H7ClN2O.C2H6/c1-3-5(7)8-4(2)9-6(3)10;1-2/h1-2H3,(H,8,9,10);1-2H3. The Morgan fingerprint density at radius 2 is 1.83 bits per heavy atom. The number of hydrogen-bond acceptors (Lipinski definition) is 2. The summed E-state index contributed by atoms with van der Waals surface area (Å²) < 4.78 is 0. The van der Waals surface area contributed by atoms with E-state index >= 15 is 0 Å². The zero-order valence-electron chi connectivity index (χ0n) is 7.73. The molecule has 0 aliphatic carbocycles. The number of aryl methyl sites for hydroxylation is 1. The van der Waals surface area contributed by atoms with Gasteiger partial charge in [0, 0.05) is 0 Å². The van der Waals surface area contributed by atoms with E-state index in [9.17, 15) is 4.79 Å². The molecule has 0 fully saturated rings. The summed E-state index contributed by atoms with van der Waals surface area (Å²) in [6.07, 6.45) is 0. The van der Waals surface area contributed by atoms with E-state index < -0.39 is 0 Å². The molecule has 1 aromatic heterocycles. The normalized spacial score (nSPS) is 8.75. The van der Waals surface area contributed by atoms with Crippen LogP contribution in [0, 0.1) is 13.8 Å². The molecule has 0 saturated carbocycles. The van der Waals surface area contributed by atoms with Crippen molar-refractivity contribution in [1.82, 2.24) is 9.97 Å². The average Bonchev–Trinajstić information content (AvgIpc) is 2.04. The fourth-order valence-electron chi connectivity index (χ4n) is 0.611. The SMILES string of the molecule is CC.Cc1nc(Cl)c(C)c(=O)[nH]1. The van der Waals surface area contributed by atoms with Gasteiger partial charge in [0.25, 0.3) is 5.56 Å². The predicted octanol–water partition coefficient (Wildman–Crippen LogP) is 2.07. The van der Waals surface area contributed by atoms with Gasteiger partial charge in [0.2, 0.25) is 0 Å². The first kappa shape index (κ1) is 11.2. The molecular weight excluding hydrogens is 176 g/mol. The highest BCUT2D eigenvalue weighted by atomic mass is 35.5. The first-order chi connectivity index (χ1) is 5.61. The first-order valence-corrected chi connectivity index (χ1v) is 4.22. The van der Waals surface area contributed by atoms with Gasteiger partial charge >= 0.3 is 0 Å². The Labute approximate surface area is 76.8 Å². The van der Waals surface area contributed by atoms with Crippen molar-refractivity contribution < 1.29 is 0 Å². The maximum atomic E-state index is 10.9. The van der Waals surface area contributed by atoms with Crippen LogP contribution < -0.4 is 5.56 Å². The van der Waals surface area contributed by atoms with Crippen molar-refractivity contribution in [3.63, 3.8) is 0 Å². The van der Waals surface area contributed by atoms with Crippen LogP contribution in [0.3, 0.4) is 0 Å². The van der Waals surface area contributed by atoms with Gasteiger partial charge in [-0.1, -0.05) is 25.4 Å². The molecule has 0 aliphatic heterocycles. The van der Waals surface area contributed by atoms with Gasteiger partial charge in [0.05, 0.1) is 5.56 Å². The van der Waals surface area contributed by atoms with E-state index in [2.05, 4.69) is 9.97 Å². The van der Waals surface area contributed by atoms with Crippen LogP contribution in [0.4, 0.5) is 0 Å². The zero-order chi connectivity index (χ0) is 9.72. The summed E-state index contributed by atoms with van der Waals surface area (Å²) in [6, 6.07) is 0. The zero-order valence-corrected chi connectivity index (χ0v) is 8.49. The third kappa shape index (κ3) is 2.66. The fourth-order valence-corrected chi connectivity index (χ4v) is 0.823. The number of H-pyrrole nitrogens is 1. The fraction of sp³-hybridized carbons (Fsp3) is 0.500. The van der Waals surface area contributed by atoms with Crippen LogP contribution in [0.2, 0.25) is 5.15 Å². The van der Waals surface area contributed by atoms with Crippen LogP contribution in [0.1, 0.15) is 25.2 Å². The average molecular weight is 189 g/mol. The Bertz CT molecular complexity index is 306. The van der Waals surface area contributed by atoms with Crippen molar-refractivity contribution in [2.24, 2.45) is 0 Å². The van der Waals surface area contributed by atoms with Crippen LogP contribution >= 0.6 is 11.6 Å². The van der Waals surface area contributed by atoms with E-state index in [1.54, 1.807) is 13.8 Å². The summed E-state index contributed by atoms with van der Waals surface area (Å²) in [4.78, 5) is 17.3. The van der Waals surface area contributed by atoms with Crippen molar-refractivity contribution in [2.75, 3.05) is 0 Å². The van der Waals surface area contributed by atoms with Crippen molar-refractivity contribution >= 4 is 11.6 Å².